The van der Waals surface area contributed by atoms with Crippen LogP contribution in [-0.2, 0) is 108 Å². The first-order valence-electron chi connectivity index (χ1n) is 0. The number of hydrogen-bond donors (Lipinski definition) is 0. The Bertz CT molecular complexity index is 19.7. The summed E-state index contributed by atoms with van der Waals surface area (Å²) in [5.74, 6) is 0. The zero-order valence-electron chi connectivity index (χ0n) is 2.35. The first-order valence-corrected chi connectivity index (χ1v) is 0. The average Bonchev–Trinajstić information content (AvgIpc) is 0. The molecule has 0 fully saturated rings. The Morgan fingerprint density at radius 1 is 1.00 bits per heavy atom. The summed E-state index contributed by atoms with van der Waals surface area (Å²) < 4.78 is 0. The molecule has 0 saturated heterocycles. The van der Waals surface area contributed by atoms with Gasteiger partial charge in [0.1, 0.15) is 0 Å². The second kappa shape index (κ2) is 44.8. The average molecular weight is 754 g/mol. The molecule has 0 unspecified atom stereocenters. The third-order valence-corrected chi connectivity index (χ3v) is 0. The van der Waals surface area contributed by atoms with Crippen molar-refractivity contribution in [2.24, 2.45) is 0 Å². The smallest absolute Gasteiger partial charge is 0 e. The zero-order valence-corrected chi connectivity index (χ0v) is 14.6. The molecule has 0 amide bonds. The molecule has 7 heteroatoms. The minimum absolute atomic E-state index is 0. The number of rotatable bonds is 0. The van der Waals surface area contributed by atoms with Crippen molar-refractivity contribution < 1.29 is 147 Å². The summed E-state index contributed by atoms with van der Waals surface area (Å²) in [4.78, 5) is 0. The van der Waals surface area contributed by atoms with Crippen LogP contribution in [0.5, 0.6) is 0 Å². The molecule has 0 aromatic rings. The van der Waals surface area contributed by atoms with Crippen molar-refractivity contribution in [2.75, 3.05) is 0 Å². The zero-order chi connectivity index (χ0) is 0. The predicted molar refractivity (Wildman–Crippen MR) is 9.94 cm³/mol. The molecule has 0 N–H and O–H groups in total. The van der Waals surface area contributed by atoms with Crippen LogP contribution < -0.4 is 0 Å². The first kappa shape index (κ1) is 59.4. The van der Waals surface area contributed by atoms with Crippen LogP contribution in [0, 0.1) is 38.6 Å². The van der Waals surface area contributed by atoms with Crippen molar-refractivity contribution in [1.29, 1.82) is 0 Å². The Hall–Kier alpha value is 4.84. The Balaban J connectivity index is 0. The van der Waals surface area contributed by atoms with E-state index in [9.17, 15) is 0 Å². The molecule has 0 aliphatic rings. The van der Waals surface area contributed by atoms with Crippen LogP contribution in [0.25, 0.3) is 0 Å². The Morgan fingerprint density at radius 3 is 1.00 bits per heavy atom. The maximum Gasteiger partial charge on any atom is 0.0814 e. The topological polar surface area (TPSA) is 0 Å². The Morgan fingerprint density at radius 2 is 1.00 bits per heavy atom. The molecule has 50 valence electrons. The van der Waals surface area contributed by atoms with Crippen LogP contribution >= 0.6 is 0 Å². The molecule has 0 rings (SSSR count). The predicted octanol–water partition coefficient (Wildman–Crippen LogP) is -1.20. The molecule has 0 saturated carbocycles. The standard InChI is InChI=1S/BH3.Co.Cr.Pt.Re.Tb.Y/h1H3;;;;;;. The van der Waals surface area contributed by atoms with E-state index < -0.39 is 0 Å². The van der Waals surface area contributed by atoms with E-state index in [-0.39, 0.29) is 155 Å². The van der Waals surface area contributed by atoms with Crippen LogP contribution in [0.15, 0.2) is 0 Å². The van der Waals surface area contributed by atoms with Gasteiger partial charge in [0, 0.05) is 147 Å². The van der Waals surface area contributed by atoms with Gasteiger partial charge in [0.25, 0.3) is 0 Å². The molecular weight excluding hydrogens is 751 g/mol. The minimum atomic E-state index is 0. The fourth-order valence-electron chi connectivity index (χ4n) is 0. The van der Waals surface area contributed by atoms with E-state index >= 15 is 0 Å². The molecule has 0 heterocycles. The van der Waals surface area contributed by atoms with Crippen LogP contribution in [0.3, 0.4) is 0 Å². The molecule has 7 heavy (non-hydrogen) atoms. The third-order valence-electron chi connectivity index (χ3n) is 0. The van der Waals surface area contributed by atoms with E-state index in [0.717, 1.165) is 0 Å². The van der Waals surface area contributed by atoms with Gasteiger partial charge in [-0.1, -0.05) is 0 Å². The van der Waals surface area contributed by atoms with Crippen LogP contribution in [-0.4, -0.2) is 8.41 Å². The summed E-state index contributed by atoms with van der Waals surface area (Å²) in [7, 11) is 0. The summed E-state index contributed by atoms with van der Waals surface area (Å²) in [5, 5.41) is 0. The summed E-state index contributed by atoms with van der Waals surface area (Å²) in [6.45, 7) is 0. The van der Waals surface area contributed by atoms with Gasteiger partial charge >= 0.3 is 0 Å². The largest absolute Gasteiger partial charge is 0.0814 e. The van der Waals surface area contributed by atoms with Crippen molar-refractivity contribution in [1.82, 2.24) is 0 Å². The van der Waals surface area contributed by atoms with Crippen LogP contribution in [0.2, 0.25) is 0 Å². The monoisotopic (exact) mass is 755 g/mol. The van der Waals surface area contributed by atoms with Crippen molar-refractivity contribution in [3.8, 4) is 0 Å². The van der Waals surface area contributed by atoms with Crippen molar-refractivity contribution >= 4 is 8.41 Å². The summed E-state index contributed by atoms with van der Waals surface area (Å²) in [6, 6.07) is 0. The van der Waals surface area contributed by atoms with Crippen LogP contribution in [0.1, 0.15) is 0 Å². The van der Waals surface area contributed by atoms with Gasteiger partial charge in [-0.3, -0.25) is 0 Å². The van der Waals surface area contributed by atoms with Gasteiger partial charge in [0.15, 0.2) is 0 Å². The van der Waals surface area contributed by atoms with Gasteiger partial charge < -0.3 is 0 Å². The van der Waals surface area contributed by atoms with E-state index in [1.807, 2.05) is 0 Å². The fraction of sp³-hybridized carbons (Fsp3) is 0. The van der Waals surface area contributed by atoms with Gasteiger partial charge in [0.2, 0.25) is 0 Å². The molecule has 0 aliphatic heterocycles. The minimum Gasteiger partial charge on any atom is 0 e. The van der Waals surface area contributed by atoms with E-state index in [1.165, 1.54) is 0 Å². The summed E-state index contributed by atoms with van der Waals surface area (Å²) >= 11 is 0. The van der Waals surface area contributed by atoms with E-state index in [1.54, 1.807) is 0 Å². The molecule has 0 aromatic heterocycles. The van der Waals surface area contributed by atoms with E-state index in [4.69, 9.17) is 0 Å². The first-order chi connectivity index (χ1) is 0. The maximum absolute atomic E-state index is 0. The van der Waals surface area contributed by atoms with Crippen LogP contribution in [0.4, 0.5) is 0 Å². The summed E-state index contributed by atoms with van der Waals surface area (Å²) in [5.41, 5.74) is 0. The fourth-order valence-corrected chi connectivity index (χ4v) is 0. The number of hydrogen-bond acceptors (Lipinski definition) is 0. The third kappa shape index (κ3) is 36.1. The SMILES string of the molecule is B.[Co].[Cr].[Pt].[Re].[Tb].[Y]. The van der Waals surface area contributed by atoms with E-state index in [0.29, 0.717) is 0 Å². The molecule has 0 aliphatic carbocycles. The second-order valence-corrected chi connectivity index (χ2v) is 0. The second-order valence-electron chi connectivity index (χ2n) is 0. The molecule has 0 atom stereocenters. The van der Waals surface area contributed by atoms with Gasteiger partial charge in [0.05, 0.1) is 8.41 Å². The van der Waals surface area contributed by atoms with Gasteiger partial charge in [-0.05, 0) is 0 Å². The normalized spacial score (nSPS) is 0. The molecule has 0 spiro atoms. The maximum atomic E-state index is 0. The van der Waals surface area contributed by atoms with Crippen molar-refractivity contribution in [3.63, 3.8) is 0 Å². The van der Waals surface area contributed by atoms with Crippen molar-refractivity contribution in [3.05, 3.63) is 0 Å². The molecule has 0 bridgehead atoms. The van der Waals surface area contributed by atoms with Crippen molar-refractivity contribution in [2.45, 2.75) is 0 Å². The van der Waals surface area contributed by atoms with Gasteiger partial charge in [-0.2, -0.15) is 0 Å². The summed E-state index contributed by atoms with van der Waals surface area (Å²) in [6.07, 6.45) is 0. The van der Waals surface area contributed by atoms with Gasteiger partial charge in [-0.25, -0.2) is 0 Å². The quantitative estimate of drug-likeness (QED) is 0.274. The Labute approximate surface area is 151 Å². The Kier molecular flexibility index (Phi) is 380. The molecule has 0 nitrogen and oxygen atoms in total. The molecule has 4 radical (unpaired) electrons. The molecular formula is H3BCoCrPtReTbY. The van der Waals surface area contributed by atoms with E-state index in [2.05, 4.69) is 0 Å². The molecule has 0 aromatic carbocycles. The van der Waals surface area contributed by atoms with Gasteiger partial charge in [-0.15, -0.1) is 0 Å².